The first-order chi connectivity index (χ1) is 8.34. The number of rotatable bonds is 5. The molecule has 0 atom stereocenters. The molecule has 2 rings (SSSR count). The smallest absolute Gasteiger partial charge is 0.222 e. The molecule has 6 nitrogen and oxygen atoms in total. The van der Waals surface area contributed by atoms with Gasteiger partial charge >= 0.3 is 0 Å². The Balaban J connectivity index is 1.71. The quantitative estimate of drug-likeness (QED) is 0.807. The molecule has 0 radical (unpaired) electrons. The van der Waals surface area contributed by atoms with Crippen LogP contribution in [0.3, 0.4) is 0 Å². The lowest BCUT2D eigenvalue weighted by Crippen LogP contribution is -2.24. The van der Waals surface area contributed by atoms with Gasteiger partial charge in [-0.3, -0.25) is 14.5 Å². The van der Waals surface area contributed by atoms with E-state index in [1.165, 1.54) is 6.33 Å². The topological polar surface area (TPSA) is 72.7 Å². The standard InChI is InChI=1S/C11H13N5O/c17-11(3-5-16-9-13-8-15-16)14-7-10-2-1-4-12-6-10/h1-2,4,6,8-9H,3,5,7H2,(H,14,17). The fourth-order valence-corrected chi connectivity index (χ4v) is 1.36. The molecule has 1 amide bonds. The molecule has 0 unspecified atom stereocenters. The van der Waals surface area contributed by atoms with Gasteiger partial charge in [0.05, 0.1) is 6.54 Å². The van der Waals surface area contributed by atoms with Crippen LogP contribution in [0.15, 0.2) is 37.2 Å². The van der Waals surface area contributed by atoms with Crippen LogP contribution in [0.4, 0.5) is 0 Å². The molecule has 0 aliphatic rings. The van der Waals surface area contributed by atoms with Crippen molar-refractivity contribution < 1.29 is 4.79 Å². The first kappa shape index (κ1) is 11.3. The zero-order valence-electron chi connectivity index (χ0n) is 9.28. The van der Waals surface area contributed by atoms with E-state index < -0.39 is 0 Å². The molecule has 0 aliphatic heterocycles. The summed E-state index contributed by atoms with van der Waals surface area (Å²) in [5.41, 5.74) is 0.988. The van der Waals surface area contributed by atoms with E-state index in [4.69, 9.17) is 0 Å². The number of aryl methyl sites for hydroxylation is 1. The maximum absolute atomic E-state index is 11.5. The number of nitrogens with zero attached hydrogens (tertiary/aromatic N) is 4. The largest absolute Gasteiger partial charge is 0.352 e. The Kier molecular flexibility index (Phi) is 3.80. The number of hydrogen-bond acceptors (Lipinski definition) is 4. The predicted molar refractivity (Wildman–Crippen MR) is 60.7 cm³/mol. The summed E-state index contributed by atoms with van der Waals surface area (Å²) in [6, 6.07) is 3.77. The minimum absolute atomic E-state index is 0.00986. The second-order valence-electron chi connectivity index (χ2n) is 3.55. The van der Waals surface area contributed by atoms with Crippen molar-refractivity contribution in [3.63, 3.8) is 0 Å². The van der Waals surface area contributed by atoms with E-state index >= 15 is 0 Å². The van der Waals surface area contributed by atoms with Crippen molar-refractivity contribution in [1.82, 2.24) is 25.1 Å². The molecule has 1 N–H and O–H groups in total. The van der Waals surface area contributed by atoms with Gasteiger partial charge in [-0.05, 0) is 11.6 Å². The van der Waals surface area contributed by atoms with E-state index in [1.54, 1.807) is 23.4 Å². The van der Waals surface area contributed by atoms with Gasteiger partial charge in [0.15, 0.2) is 0 Å². The third-order valence-electron chi connectivity index (χ3n) is 2.25. The second-order valence-corrected chi connectivity index (χ2v) is 3.55. The van der Waals surface area contributed by atoms with Gasteiger partial charge in [-0.2, -0.15) is 5.10 Å². The first-order valence-corrected chi connectivity index (χ1v) is 5.32. The fraction of sp³-hybridized carbons (Fsp3) is 0.273. The zero-order valence-corrected chi connectivity index (χ0v) is 9.28. The van der Waals surface area contributed by atoms with Gasteiger partial charge in [0.1, 0.15) is 12.7 Å². The molecule has 0 aliphatic carbocycles. The molecular formula is C11H13N5O. The van der Waals surface area contributed by atoms with E-state index in [0.29, 0.717) is 19.5 Å². The monoisotopic (exact) mass is 231 g/mol. The fourth-order valence-electron chi connectivity index (χ4n) is 1.36. The van der Waals surface area contributed by atoms with E-state index in [2.05, 4.69) is 20.4 Å². The first-order valence-electron chi connectivity index (χ1n) is 5.32. The van der Waals surface area contributed by atoms with Gasteiger partial charge in [-0.15, -0.1) is 0 Å². The van der Waals surface area contributed by atoms with Crippen molar-refractivity contribution in [2.24, 2.45) is 0 Å². The molecule has 88 valence electrons. The van der Waals surface area contributed by atoms with Crippen molar-refractivity contribution in [2.75, 3.05) is 0 Å². The number of amides is 1. The third-order valence-corrected chi connectivity index (χ3v) is 2.25. The van der Waals surface area contributed by atoms with Gasteiger partial charge < -0.3 is 5.32 Å². The summed E-state index contributed by atoms with van der Waals surface area (Å²) >= 11 is 0. The average Bonchev–Trinajstić information content (AvgIpc) is 2.88. The lowest BCUT2D eigenvalue weighted by Gasteiger charge is -2.04. The Morgan fingerprint density at radius 2 is 2.35 bits per heavy atom. The van der Waals surface area contributed by atoms with Crippen LogP contribution in [-0.2, 0) is 17.9 Å². The number of aromatic nitrogens is 4. The van der Waals surface area contributed by atoms with Crippen LogP contribution < -0.4 is 5.32 Å². The van der Waals surface area contributed by atoms with Gasteiger partial charge in [0.2, 0.25) is 5.91 Å². The lowest BCUT2D eigenvalue weighted by atomic mass is 10.3. The number of hydrogen-bond donors (Lipinski definition) is 1. The SMILES string of the molecule is O=C(CCn1cncn1)NCc1cccnc1. The van der Waals surface area contributed by atoms with Gasteiger partial charge in [0, 0.05) is 25.4 Å². The highest BCUT2D eigenvalue weighted by atomic mass is 16.1. The Hall–Kier alpha value is -2.24. The molecule has 2 heterocycles. The lowest BCUT2D eigenvalue weighted by molar-refractivity contribution is -0.121. The third kappa shape index (κ3) is 3.67. The molecule has 0 aromatic carbocycles. The molecule has 2 aromatic rings. The van der Waals surface area contributed by atoms with Crippen LogP contribution in [-0.4, -0.2) is 25.7 Å². The van der Waals surface area contributed by atoms with E-state index in [0.717, 1.165) is 5.56 Å². The summed E-state index contributed by atoms with van der Waals surface area (Å²) in [7, 11) is 0. The predicted octanol–water partition coefficient (Wildman–Crippen LogP) is 0.380. The highest BCUT2D eigenvalue weighted by Crippen LogP contribution is 1.95. The van der Waals surface area contributed by atoms with Crippen LogP contribution in [0.5, 0.6) is 0 Å². The molecule has 0 saturated carbocycles. The van der Waals surface area contributed by atoms with Gasteiger partial charge in [0.25, 0.3) is 0 Å². The Morgan fingerprint density at radius 1 is 1.41 bits per heavy atom. The Morgan fingerprint density at radius 3 is 3.06 bits per heavy atom. The van der Waals surface area contributed by atoms with E-state index in [9.17, 15) is 4.79 Å². The van der Waals surface area contributed by atoms with E-state index in [-0.39, 0.29) is 5.91 Å². The van der Waals surface area contributed by atoms with Crippen molar-refractivity contribution in [2.45, 2.75) is 19.5 Å². The summed E-state index contributed by atoms with van der Waals surface area (Å²) in [6.45, 7) is 1.04. The van der Waals surface area contributed by atoms with Crippen molar-refractivity contribution in [1.29, 1.82) is 0 Å². The summed E-state index contributed by atoms with van der Waals surface area (Å²) in [5.74, 6) is -0.00986. The molecule has 0 fully saturated rings. The van der Waals surface area contributed by atoms with E-state index in [1.807, 2.05) is 12.1 Å². The second kappa shape index (κ2) is 5.74. The normalized spacial score (nSPS) is 10.1. The minimum atomic E-state index is -0.00986. The average molecular weight is 231 g/mol. The number of pyridine rings is 1. The van der Waals surface area contributed by atoms with Crippen molar-refractivity contribution in [3.8, 4) is 0 Å². The molecule has 0 spiro atoms. The summed E-state index contributed by atoms with van der Waals surface area (Å²) < 4.78 is 1.63. The summed E-state index contributed by atoms with van der Waals surface area (Å²) in [5, 5.41) is 6.74. The van der Waals surface area contributed by atoms with Crippen LogP contribution >= 0.6 is 0 Å². The highest BCUT2D eigenvalue weighted by Gasteiger charge is 2.02. The molecule has 0 saturated heterocycles. The molecule has 6 heteroatoms. The van der Waals surface area contributed by atoms with Crippen LogP contribution in [0.1, 0.15) is 12.0 Å². The van der Waals surface area contributed by atoms with Crippen LogP contribution in [0.2, 0.25) is 0 Å². The molecule has 2 aromatic heterocycles. The minimum Gasteiger partial charge on any atom is -0.352 e. The van der Waals surface area contributed by atoms with Crippen molar-refractivity contribution in [3.05, 3.63) is 42.7 Å². The molecular weight excluding hydrogens is 218 g/mol. The summed E-state index contributed by atoms with van der Waals surface area (Å²) in [6.07, 6.45) is 6.87. The Labute approximate surface area is 98.7 Å². The van der Waals surface area contributed by atoms with Crippen molar-refractivity contribution >= 4 is 5.91 Å². The number of nitrogens with one attached hydrogen (secondary N) is 1. The maximum Gasteiger partial charge on any atom is 0.222 e. The summed E-state index contributed by atoms with van der Waals surface area (Å²) in [4.78, 5) is 19.3. The van der Waals surface area contributed by atoms with Gasteiger partial charge in [-0.25, -0.2) is 4.98 Å². The Bertz CT molecular complexity index is 454. The van der Waals surface area contributed by atoms with Crippen LogP contribution in [0.25, 0.3) is 0 Å². The highest BCUT2D eigenvalue weighted by molar-refractivity contribution is 5.75. The number of carbonyl (C=O) groups is 1. The zero-order chi connectivity index (χ0) is 11.9. The number of carbonyl (C=O) groups excluding carboxylic acids is 1. The van der Waals surface area contributed by atoms with Gasteiger partial charge in [-0.1, -0.05) is 6.07 Å². The maximum atomic E-state index is 11.5. The molecule has 0 bridgehead atoms. The van der Waals surface area contributed by atoms with Crippen LogP contribution in [0, 0.1) is 0 Å². The molecule has 17 heavy (non-hydrogen) atoms.